The minimum Gasteiger partial charge on any atom is -0.492 e. The molecule has 2 nitrogen and oxygen atoms in total. The fourth-order valence-corrected chi connectivity index (χ4v) is 2.90. The number of hydrogen-bond acceptors (Lipinski definition) is 2. The summed E-state index contributed by atoms with van der Waals surface area (Å²) < 4.78 is 6.18. The summed E-state index contributed by atoms with van der Waals surface area (Å²) in [5, 5.41) is 4.87. The van der Waals surface area contributed by atoms with Crippen LogP contribution in [0, 0.1) is 0 Å². The van der Waals surface area contributed by atoms with E-state index in [2.05, 4.69) is 54.6 Å². The first kappa shape index (κ1) is 14.9. The summed E-state index contributed by atoms with van der Waals surface area (Å²) in [6.45, 7) is 1.55. The van der Waals surface area contributed by atoms with Crippen LogP contribution in [0.25, 0.3) is 21.5 Å². The maximum absolute atomic E-state index is 6.18. The van der Waals surface area contributed by atoms with E-state index >= 15 is 0 Å². The zero-order chi connectivity index (χ0) is 15.2. The number of benzene rings is 3. The van der Waals surface area contributed by atoms with Gasteiger partial charge in [0.15, 0.2) is 0 Å². The van der Waals surface area contributed by atoms with Gasteiger partial charge in [-0.15, -0.1) is 0 Å². The third kappa shape index (κ3) is 3.23. The number of nitrogens with two attached hydrogens (primary N) is 1. The van der Waals surface area contributed by atoms with Gasteiger partial charge in [0.25, 0.3) is 0 Å². The Bertz CT molecular complexity index is 697. The van der Waals surface area contributed by atoms with Gasteiger partial charge in [0.1, 0.15) is 5.75 Å². The van der Waals surface area contributed by atoms with Crippen LogP contribution in [0.2, 0.25) is 0 Å². The Kier molecular flexibility index (Phi) is 4.92. The number of fused-ring (bicyclic) bond motifs is 2. The third-order valence-electron chi connectivity index (χ3n) is 4.07. The number of ether oxygens (including phenoxy) is 1. The highest BCUT2D eigenvalue weighted by Crippen LogP contribution is 2.34. The van der Waals surface area contributed by atoms with Gasteiger partial charge >= 0.3 is 0 Å². The molecule has 0 bridgehead atoms. The fourth-order valence-electron chi connectivity index (χ4n) is 2.90. The van der Waals surface area contributed by atoms with Crippen molar-refractivity contribution in [1.29, 1.82) is 0 Å². The number of rotatable bonds is 7. The second-order valence-corrected chi connectivity index (χ2v) is 5.70. The van der Waals surface area contributed by atoms with Gasteiger partial charge in [-0.3, -0.25) is 0 Å². The van der Waals surface area contributed by atoms with Gasteiger partial charge in [0, 0.05) is 10.8 Å². The lowest BCUT2D eigenvalue weighted by atomic mass is 10.0. The van der Waals surface area contributed by atoms with E-state index in [1.165, 1.54) is 34.4 Å². The van der Waals surface area contributed by atoms with E-state index < -0.39 is 0 Å². The van der Waals surface area contributed by atoms with Crippen molar-refractivity contribution in [2.75, 3.05) is 13.2 Å². The van der Waals surface area contributed by atoms with Gasteiger partial charge in [-0.1, -0.05) is 61.4 Å². The molecule has 3 rings (SSSR count). The maximum Gasteiger partial charge on any atom is 0.134 e. The van der Waals surface area contributed by atoms with Crippen LogP contribution in [0.5, 0.6) is 5.75 Å². The fraction of sp³-hybridized carbons (Fsp3) is 0.300. The Morgan fingerprint density at radius 2 is 1.32 bits per heavy atom. The molecule has 0 aliphatic carbocycles. The Morgan fingerprint density at radius 1 is 0.727 bits per heavy atom. The van der Waals surface area contributed by atoms with Crippen molar-refractivity contribution in [3.63, 3.8) is 0 Å². The van der Waals surface area contributed by atoms with Crippen molar-refractivity contribution in [3.05, 3.63) is 54.6 Å². The van der Waals surface area contributed by atoms with Gasteiger partial charge in [-0.25, -0.2) is 0 Å². The van der Waals surface area contributed by atoms with Crippen molar-refractivity contribution >= 4 is 21.5 Å². The molecule has 2 heteroatoms. The molecule has 0 saturated carbocycles. The minimum atomic E-state index is 0.766. The largest absolute Gasteiger partial charge is 0.492 e. The molecule has 0 spiro atoms. The molecule has 0 aliphatic rings. The molecule has 0 heterocycles. The Balaban J connectivity index is 1.85. The third-order valence-corrected chi connectivity index (χ3v) is 4.07. The summed E-state index contributed by atoms with van der Waals surface area (Å²) in [6, 6.07) is 19.1. The first-order valence-corrected chi connectivity index (χ1v) is 8.13. The molecule has 0 unspecified atom stereocenters. The van der Waals surface area contributed by atoms with E-state index in [9.17, 15) is 0 Å². The Hall–Kier alpha value is -2.06. The van der Waals surface area contributed by atoms with Crippen LogP contribution in [0.4, 0.5) is 0 Å². The number of hydrogen-bond donors (Lipinski definition) is 1. The Labute approximate surface area is 131 Å². The standard InChI is InChI=1S/C20H23NO/c21-13-7-1-2-8-14-22-20-18-11-5-3-9-16(18)15-17-10-4-6-12-19(17)20/h3-6,9-12,15H,1-2,7-8,13-14,21H2. The lowest BCUT2D eigenvalue weighted by molar-refractivity contribution is 0.311. The van der Waals surface area contributed by atoms with Crippen LogP contribution in [-0.2, 0) is 0 Å². The first-order valence-electron chi connectivity index (χ1n) is 8.13. The summed E-state index contributed by atoms with van der Waals surface area (Å²) in [7, 11) is 0. The normalized spacial score (nSPS) is 11.1. The lowest BCUT2D eigenvalue weighted by Gasteiger charge is -2.13. The van der Waals surface area contributed by atoms with Crippen LogP contribution in [0.3, 0.4) is 0 Å². The average molecular weight is 293 g/mol. The molecule has 22 heavy (non-hydrogen) atoms. The molecule has 3 aromatic rings. The van der Waals surface area contributed by atoms with E-state index in [0.717, 1.165) is 31.7 Å². The van der Waals surface area contributed by atoms with Crippen LogP contribution in [-0.4, -0.2) is 13.2 Å². The maximum atomic E-state index is 6.18. The molecule has 2 N–H and O–H groups in total. The smallest absolute Gasteiger partial charge is 0.134 e. The quantitative estimate of drug-likeness (QED) is 0.497. The van der Waals surface area contributed by atoms with Crippen molar-refractivity contribution < 1.29 is 4.74 Å². The molecule has 0 fully saturated rings. The summed E-state index contributed by atoms with van der Waals surface area (Å²) in [5.74, 6) is 1.02. The molecule has 0 amide bonds. The molecule has 0 aromatic heterocycles. The van der Waals surface area contributed by atoms with Crippen LogP contribution >= 0.6 is 0 Å². The zero-order valence-corrected chi connectivity index (χ0v) is 12.9. The predicted molar refractivity (Wildman–Crippen MR) is 94.5 cm³/mol. The van der Waals surface area contributed by atoms with E-state index in [4.69, 9.17) is 10.5 Å². The van der Waals surface area contributed by atoms with Gasteiger partial charge in [-0.2, -0.15) is 0 Å². The van der Waals surface area contributed by atoms with Crippen LogP contribution in [0.15, 0.2) is 54.6 Å². The van der Waals surface area contributed by atoms with Crippen LogP contribution in [0.1, 0.15) is 25.7 Å². The molecular formula is C20H23NO. The monoisotopic (exact) mass is 293 g/mol. The average Bonchev–Trinajstić information content (AvgIpc) is 2.57. The summed E-state index contributed by atoms with van der Waals surface area (Å²) in [6.07, 6.45) is 4.56. The van der Waals surface area contributed by atoms with Gasteiger partial charge in [0.05, 0.1) is 6.61 Å². The SMILES string of the molecule is NCCCCCCOc1c2ccccc2cc2ccccc12. The van der Waals surface area contributed by atoms with Gasteiger partial charge < -0.3 is 10.5 Å². The van der Waals surface area contributed by atoms with E-state index in [1.807, 2.05) is 0 Å². The summed E-state index contributed by atoms with van der Waals surface area (Å²) in [4.78, 5) is 0. The highest BCUT2D eigenvalue weighted by atomic mass is 16.5. The van der Waals surface area contributed by atoms with E-state index in [-0.39, 0.29) is 0 Å². The lowest BCUT2D eigenvalue weighted by Crippen LogP contribution is -2.01. The summed E-state index contributed by atoms with van der Waals surface area (Å²) >= 11 is 0. The second-order valence-electron chi connectivity index (χ2n) is 5.70. The van der Waals surface area contributed by atoms with E-state index in [1.54, 1.807) is 0 Å². The van der Waals surface area contributed by atoms with Crippen molar-refractivity contribution in [3.8, 4) is 5.75 Å². The first-order chi connectivity index (χ1) is 10.9. The van der Waals surface area contributed by atoms with E-state index in [0.29, 0.717) is 0 Å². The molecule has 0 atom stereocenters. The van der Waals surface area contributed by atoms with Gasteiger partial charge in [-0.05, 0) is 36.2 Å². The van der Waals surface area contributed by atoms with Crippen molar-refractivity contribution in [1.82, 2.24) is 0 Å². The molecule has 0 saturated heterocycles. The summed E-state index contributed by atoms with van der Waals surface area (Å²) in [5.41, 5.74) is 5.53. The predicted octanol–water partition coefficient (Wildman–Crippen LogP) is 4.89. The topological polar surface area (TPSA) is 35.2 Å². The molecular weight excluding hydrogens is 270 g/mol. The molecule has 3 aromatic carbocycles. The number of unbranched alkanes of at least 4 members (excludes halogenated alkanes) is 3. The second kappa shape index (κ2) is 7.28. The zero-order valence-electron chi connectivity index (χ0n) is 12.9. The van der Waals surface area contributed by atoms with Crippen LogP contribution < -0.4 is 10.5 Å². The highest BCUT2D eigenvalue weighted by molar-refractivity contribution is 6.05. The molecule has 0 radical (unpaired) electrons. The minimum absolute atomic E-state index is 0.766. The molecule has 114 valence electrons. The van der Waals surface area contributed by atoms with Gasteiger partial charge in [0.2, 0.25) is 0 Å². The highest BCUT2D eigenvalue weighted by Gasteiger charge is 2.08. The van der Waals surface area contributed by atoms with Crippen molar-refractivity contribution in [2.45, 2.75) is 25.7 Å². The van der Waals surface area contributed by atoms with Crippen molar-refractivity contribution in [2.24, 2.45) is 5.73 Å². The Morgan fingerprint density at radius 3 is 1.95 bits per heavy atom. The molecule has 0 aliphatic heterocycles.